The molecular weight excluding hydrogens is 395 g/mol. The molecule has 0 saturated carbocycles. The molecule has 3 heterocycles. The van der Waals surface area contributed by atoms with Gasteiger partial charge in [-0.2, -0.15) is 23.4 Å². The molecular formula is C17H20F3N5O4. The maximum absolute atomic E-state index is 12.2. The van der Waals surface area contributed by atoms with Gasteiger partial charge < -0.3 is 20.2 Å². The number of aryl methyl sites for hydroxylation is 1. The smallest absolute Gasteiger partial charge is 0.475 e. The van der Waals surface area contributed by atoms with Crippen LogP contribution in [-0.4, -0.2) is 53.4 Å². The van der Waals surface area contributed by atoms with Crippen LogP contribution in [0.4, 0.5) is 13.2 Å². The van der Waals surface area contributed by atoms with Gasteiger partial charge in [-0.3, -0.25) is 4.79 Å². The highest BCUT2D eigenvalue weighted by molar-refractivity contribution is 5.93. The van der Waals surface area contributed by atoms with Gasteiger partial charge in [-0.15, -0.1) is 12.3 Å². The van der Waals surface area contributed by atoms with E-state index in [9.17, 15) is 18.0 Å². The number of carboxylic acids is 1. The molecule has 0 spiro atoms. The molecule has 0 aliphatic carbocycles. The minimum Gasteiger partial charge on any atom is -0.475 e. The summed E-state index contributed by atoms with van der Waals surface area (Å²) in [5.74, 6) is 1.08. The molecule has 1 fully saturated rings. The van der Waals surface area contributed by atoms with E-state index in [-0.39, 0.29) is 17.5 Å². The number of rotatable bonds is 7. The predicted molar refractivity (Wildman–Crippen MR) is 93.1 cm³/mol. The number of aromatic nitrogens is 1. The van der Waals surface area contributed by atoms with Crippen LogP contribution >= 0.6 is 0 Å². The number of nitrogens with one attached hydrogen (secondary N) is 2. The van der Waals surface area contributed by atoms with Gasteiger partial charge in [0, 0.05) is 38.9 Å². The van der Waals surface area contributed by atoms with Crippen LogP contribution in [0, 0.1) is 19.3 Å². The van der Waals surface area contributed by atoms with Crippen LogP contribution in [-0.2, 0) is 4.79 Å². The third kappa shape index (κ3) is 6.28. The SMILES string of the molecule is C#CCCC1(CCNC(=O)c2nc(C3CNC3)oc2C)N=N1.O=C(O)C(F)(F)F. The minimum absolute atomic E-state index is 0.215. The van der Waals surface area contributed by atoms with E-state index in [4.69, 9.17) is 20.7 Å². The number of amides is 1. The average molecular weight is 415 g/mol. The quantitative estimate of drug-likeness (QED) is 0.584. The summed E-state index contributed by atoms with van der Waals surface area (Å²) in [5.41, 5.74) is -0.00869. The number of carbonyl (C=O) groups excluding carboxylic acids is 1. The number of hydrogen-bond donors (Lipinski definition) is 3. The first-order chi connectivity index (χ1) is 13.6. The summed E-state index contributed by atoms with van der Waals surface area (Å²) in [6.45, 7) is 3.95. The summed E-state index contributed by atoms with van der Waals surface area (Å²) in [7, 11) is 0. The van der Waals surface area contributed by atoms with Gasteiger partial charge in [-0.1, -0.05) is 0 Å². The summed E-state index contributed by atoms with van der Waals surface area (Å²) in [5, 5.41) is 21.2. The third-order valence-corrected chi connectivity index (χ3v) is 4.26. The zero-order valence-corrected chi connectivity index (χ0v) is 15.5. The molecule has 9 nitrogen and oxygen atoms in total. The summed E-state index contributed by atoms with van der Waals surface area (Å²) in [6, 6.07) is 0. The lowest BCUT2D eigenvalue weighted by Crippen LogP contribution is -2.40. The highest BCUT2D eigenvalue weighted by Crippen LogP contribution is 2.36. The average Bonchev–Trinajstić information content (AvgIpc) is 3.25. The molecule has 0 atom stereocenters. The van der Waals surface area contributed by atoms with Crippen LogP contribution in [0.2, 0.25) is 0 Å². The van der Waals surface area contributed by atoms with Crippen LogP contribution in [0.1, 0.15) is 47.3 Å². The topological polar surface area (TPSA) is 129 Å². The Morgan fingerprint density at radius 2 is 2.00 bits per heavy atom. The van der Waals surface area contributed by atoms with Crippen molar-refractivity contribution in [2.24, 2.45) is 10.2 Å². The molecule has 1 aromatic heterocycles. The Morgan fingerprint density at radius 1 is 1.38 bits per heavy atom. The number of hydrogen-bond acceptors (Lipinski definition) is 7. The van der Waals surface area contributed by atoms with Crippen molar-refractivity contribution in [1.29, 1.82) is 0 Å². The molecule has 29 heavy (non-hydrogen) atoms. The molecule has 0 radical (unpaired) electrons. The maximum atomic E-state index is 12.2. The Morgan fingerprint density at radius 3 is 2.45 bits per heavy atom. The normalized spacial score (nSPS) is 16.8. The third-order valence-electron chi connectivity index (χ3n) is 4.26. The molecule has 0 unspecified atom stereocenters. The van der Waals surface area contributed by atoms with E-state index in [1.165, 1.54) is 0 Å². The van der Waals surface area contributed by atoms with E-state index in [0.717, 1.165) is 19.5 Å². The zero-order valence-electron chi connectivity index (χ0n) is 15.5. The lowest BCUT2D eigenvalue weighted by atomic mass is 10.0. The predicted octanol–water partition coefficient (Wildman–Crippen LogP) is 2.00. The zero-order chi connectivity index (χ0) is 21.7. The summed E-state index contributed by atoms with van der Waals surface area (Å²) in [6.07, 6.45) is 2.21. The first-order valence-corrected chi connectivity index (χ1v) is 8.72. The standard InChI is InChI=1S/C15H19N5O2.C2HF3O2/c1-3-4-5-15(19-20-15)6-7-17-13(21)12-10(2)22-14(18-12)11-8-16-9-11;3-2(4,5)1(6)7/h1,11,16H,4-9H2,2H3,(H,17,21);(H,6,7). The van der Waals surface area contributed by atoms with Crippen molar-refractivity contribution >= 4 is 11.9 Å². The van der Waals surface area contributed by atoms with Gasteiger partial charge in [-0.05, 0) is 6.92 Å². The molecule has 12 heteroatoms. The lowest BCUT2D eigenvalue weighted by molar-refractivity contribution is -0.192. The first kappa shape index (κ1) is 22.4. The molecule has 1 aromatic rings. The number of carboxylic acid groups (broad SMARTS) is 1. The fourth-order valence-electron chi connectivity index (χ4n) is 2.39. The van der Waals surface area contributed by atoms with Crippen molar-refractivity contribution in [2.45, 2.75) is 43.9 Å². The monoisotopic (exact) mass is 415 g/mol. The molecule has 1 amide bonds. The van der Waals surface area contributed by atoms with Crippen molar-refractivity contribution in [3.63, 3.8) is 0 Å². The Hall–Kier alpha value is -2.94. The number of alkyl halides is 3. The molecule has 3 rings (SSSR count). The van der Waals surface area contributed by atoms with Crippen molar-refractivity contribution in [3.8, 4) is 12.3 Å². The Labute approximate surface area is 164 Å². The Kier molecular flexibility index (Phi) is 6.97. The van der Waals surface area contributed by atoms with E-state index >= 15 is 0 Å². The lowest BCUT2D eigenvalue weighted by Gasteiger charge is -2.23. The van der Waals surface area contributed by atoms with Gasteiger partial charge in [0.2, 0.25) is 5.89 Å². The van der Waals surface area contributed by atoms with Gasteiger partial charge >= 0.3 is 12.1 Å². The van der Waals surface area contributed by atoms with Gasteiger partial charge in [0.1, 0.15) is 5.76 Å². The Bertz CT molecular complexity index is 818. The van der Waals surface area contributed by atoms with Gasteiger partial charge in [-0.25, -0.2) is 9.78 Å². The van der Waals surface area contributed by atoms with Crippen LogP contribution in [0.3, 0.4) is 0 Å². The molecule has 0 bridgehead atoms. The van der Waals surface area contributed by atoms with E-state index < -0.39 is 12.1 Å². The molecule has 158 valence electrons. The van der Waals surface area contributed by atoms with Crippen LogP contribution in [0.15, 0.2) is 14.6 Å². The number of oxazole rings is 1. The number of aliphatic carboxylic acids is 1. The van der Waals surface area contributed by atoms with Gasteiger partial charge in [0.15, 0.2) is 11.4 Å². The highest BCUT2D eigenvalue weighted by Gasteiger charge is 2.39. The molecule has 0 aromatic carbocycles. The number of carbonyl (C=O) groups is 2. The van der Waals surface area contributed by atoms with Crippen LogP contribution in [0.25, 0.3) is 0 Å². The van der Waals surface area contributed by atoms with Crippen molar-refractivity contribution in [3.05, 3.63) is 17.3 Å². The maximum Gasteiger partial charge on any atom is 0.490 e. The molecule has 3 N–H and O–H groups in total. The first-order valence-electron chi connectivity index (χ1n) is 8.72. The second-order valence-corrected chi connectivity index (χ2v) is 6.51. The molecule has 2 aliphatic rings. The number of halogens is 3. The summed E-state index contributed by atoms with van der Waals surface area (Å²) in [4.78, 5) is 25.4. The van der Waals surface area contributed by atoms with Crippen LogP contribution < -0.4 is 10.6 Å². The Balaban J connectivity index is 0.000000370. The van der Waals surface area contributed by atoms with Crippen molar-refractivity contribution in [1.82, 2.24) is 15.6 Å². The van der Waals surface area contributed by atoms with E-state index in [0.29, 0.717) is 36.7 Å². The minimum atomic E-state index is -5.08. The van der Waals surface area contributed by atoms with E-state index in [1.54, 1.807) is 6.92 Å². The van der Waals surface area contributed by atoms with Crippen LogP contribution in [0.5, 0.6) is 0 Å². The second kappa shape index (κ2) is 9.04. The van der Waals surface area contributed by atoms with E-state index in [2.05, 4.69) is 31.8 Å². The van der Waals surface area contributed by atoms with E-state index in [1.807, 2.05) is 0 Å². The fraction of sp³-hybridized carbons (Fsp3) is 0.588. The molecule has 2 aliphatic heterocycles. The second-order valence-electron chi connectivity index (χ2n) is 6.51. The molecule has 1 saturated heterocycles. The van der Waals surface area contributed by atoms with Crippen molar-refractivity contribution in [2.75, 3.05) is 19.6 Å². The highest BCUT2D eigenvalue weighted by atomic mass is 19.4. The summed E-state index contributed by atoms with van der Waals surface area (Å²) >= 11 is 0. The summed E-state index contributed by atoms with van der Waals surface area (Å²) < 4.78 is 37.3. The van der Waals surface area contributed by atoms with Gasteiger partial charge in [0.25, 0.3) is 5.91 Å². The van der Waals surface area contributed by atoms with Gasteiger partial charge in [0.05, 0.1) is 5.92 Å². The fourth-order valence-corrected chi connectivity index (χ4v) is 2.39. The largest absolute Gasteiger partial charge is 0.490 e. The van der Waals surface area contributed by atoms with Crippen molar-refractivity contribution < 1.29 is 32.3 Å². The number of nitrogens with zero attached hydrogens (tertiary/aromatic N) is 3. The number of terminal acetylenes is 1.